The van der Waals surface area contributed by atoms with Crippen molar-refractivity contribution < 1.29 is 14.3 Å². The average molecular weight is 159 g/mol. The minimum absolute atomic E-state index is 0.391. The van der Waals surface area contributed by atoms with Crippen LogP contribution in [0.1, 0.15) is 27.2 Å². The smallest absolute Gasteiger partial charge is 0.303 e. The Bertz CT molecular complexity index is 179. The second-order valence-corrected chi connectivity index (χ2v) is 2.54. The third-order valence-corrected chi connectivity index (χ3v) is 1.56. The summed E-state index contributed by atoms with van der Waals surface area (Å²) in [6.45, 7) is 4.47. The van der Waals surface area contributed by atoms with Gasteiger partial charge in [-0.05, 0) is 13.3 Å². The van der Waals surface area contributed by atoms with Crippen LogP contribution in [0.15, 0.2) is 0 Å². The van der Waals surface area contributed by atoms with E-state index in [1.807, 2.05) is 0 Å². The molecular formula is C7H13NO3. The molecule has 0 aliphatic heterocycles. The number of hydrogen-bond acceptors (Lipinski definition) is 3. The summed E-state index contributed by atoms with van der Waals surface area (Å²) in [5, 5.41) is 0. The molecule has 2 N–H and O–H groups in total. The molecule has 0 aliphatic carbocycles. The van der Waals surface area contributed by atoms with Crippen LogP contribution in [0.3, 0.4) is 0 Å². The lowest BCUT2D eigenvalue weighted by molar-refractivity contribution is -0.163. The van der Waals surface area contributed by atoms with Crippen LogP contribution in [0, 0.1) is 0 Å². The van der Waals surface area contributed by atoms with Crippen molar-refractivity contribution in [2.75, 3.05) is 0 Å². The van der Waals surface area contributed by atoms with E-state index in [0.29, 0.717) is 6.42 Å². The topological polar surface area (TPSA) is 69.4 Å². The highest BCUT2D eigenvalue weighted by atomic mass is 16.6. The molecule has 0 heterocycles. The molecular weight excluding hydrogens is 146 g/mol. The number of amides is 1. The van der Waals surface area contributed by atoms with E-state index in [1.165, 1.54) is 13.8 Å². The maximum Gasteiger partial charge on any atom is 0.303 e. The van der Waals surface area contributed by atoms with Gasteiger partial charge in [-0.15, -0.1) is 0 Å². The normalized spacial score (nSPS) is 15.2. The van der Waals surface area contributed by atoms with Gasteiger partial charge < -0.3 is 10.5 Å². The summed E-state index contributed by atoms with van der Waals surface area (Å²) in [6.07, 6.45) is 0.391. The van der Waals surface area contributed by atoms with Crippen LogP contribution >= 0.6 is 0 Å². The zero-order valence-corrected chi connectivity index (χ0v) is 7.01. The summed E-state index contributed by atoms with van der Waals surface area (Å²) >= 11 is 0. The first-order valence-corrected chi connectivity index (χ1v) is 3.42. The van der Waals surface area contributed by atoms with Gasteiger partial charge in [-0.3, -0.25) is 9.59 Å². The lowest BCUT2D eigenvalue weighted by Gasteiger charge is -2.23. The quantitative estimate of drug-likeness (QED) is 0.598. The zero-order valence-electron chi connectivity index (χ0n) is 7.01. The predicted molar refractivity (Wildman–Crippen MR) is 39.7 cm³/mol. The Hall–Kier alpha value is -1.06. The number of nitrogens with two attached hydrogens (primary N) is 1. The summed E-state index contributed by atoms with van der Waals surface area (Å²) in [5.41, 5.74) is 3.87. The highest BCUT2D eigenvalue weighted by molar-refractivity contribution is 5.85. The largest absolute Gasteiger partial charge is 0.449 e. The van der Waals surface area contributed by atoms with E-state index in [1.54, 1.807) is 6.92 Å². The average Bonchev–Trinajstić information content (AvgIpc) is 1.86. The lowest BCUT2D eigenvalue weighted by Crippen LogP contribution is -2.44. The molecule has 1 atom stereocenters. The minimum atomic E-state index is -1.15. The summed E-state index contributed by atoms with van der Waals surface area (Å²) in [4.78, 5) is 21.2. The zero-order chi connectivity index (χ0) is 9.07. The highest BCUT2D eigenvalue weighted by Gasteiger charge is 2.32. The Kier molecular flexibility index (Phi) is 3.04. The molecule has 0 aliphatic rings. The standard InChI is InChI=1S/C7H13NO3/c1-4-7(3,6(8)10)11-5(2)9/h4H2,1-3H3,(H2,8,10). The van der Waals surface area contributed by atoms with E-state index in [2.05, 4.69) is 0 Å². The van der Waals surface area contributed by atoms with Gasteiger partial charge in [0.05, 0.1) is 0 Å². The maximum atomic E-state index is 10.7. The fourth-order valence-corrected chi connectivity index (χ4v) is 0.614. The molecule has 4 heteroatoms. The van der Waals surface area contributed by atoms with E-state index in [-0.39, 0.29) is 0 Å². The van der Waals surface area contributed by atoms with E-state index in [9.17, 15) is 9.59 Å². The first kappa shape index (κ1) is 9.94. The molecule has 0 fully saturated rings. The Balaban J connectivity index is 4.34. The fraction of sp³-hybridized carbons (Fsp3) is 0.714. The van der Waals surface area contributed by atoms with Gasteiger partial charge in [-0.25, -0.2) is 0 Å². The summed E-state index contributed by atoms with van der Waals surface area (Å²) < 4.78 is 4.73. The van der Waals surface area contributed by atoms with Crippen molar-refractivity contribution in [1.82, 2.24) is 0 Å². The Morgan fingerprint density at radius 1 is 1.55 bits per heavy atom. The van der Waals surface area contributed by atoms with Crippen molar-refractivity contribution >= 4 is 11.9 Å². The van der Waals surface area contributed by atoms with Crippen LogP contribution in [-0.4, -0.2) is 17.5 Å². The maximum absolute atomic E-state index is 10.7. The molecule has 0 rings (SSSR count). The van der Waals surface area contributed by atoms with Crippen LogP contribution in [0.5, 0.6) is 0 Å². The number of carbonyl (C=O) groups is 2. The molecule has 1 unspecified atom stereocenters. The van der Waals surface area contributed by atoms with Crippen LogP contribution < -0.4 is 5.73 Å². The molecule has 0 aromatic rings. The third kappa shape index (κ3) is 2.57. The number of rotatable bonds is 3. The Morgan fingerprint density at radius 3 is 2.09 bits per heavy atom. The summed E-state index contributed by atoms with van der Waals surface area (Å²) in [6, 6.07) is 0. The molecule has 64 valence electrons. The Labute approximate surface area is 65.7 Å². The molecule has 0 saturated carbocycles. The van der Waals surface area contributed by atoms with Gasteiger partial charge >= 0.3 is 5.97 Å². The van der Waals surface area contributed by atoms with Crippen molar-refractivity contribution in [2.45, 2.75) is 32.8 Å². The van der Waals surface area contributed by atoms with Gasteiger partial charge in [0.1, 0.15) is 0 Å². The lowest BCUT2D eigenvalue weighted by atomic mass is 10.0. The van der Waals surface area contributed by atoms with Crippen molar-refractivity contribution in [3.63, 3.8) is 0 Å². The van der Waals surface area contributed by atoms with Gasteiger partial charge in [0.15, 0.2) is 5.60 Å². The monoisotopic (exact) mass is 159 g/mol. The van der Waals surface area contributed by atoms with Gasteiger partial charge in [0.25, 0.3) is 5.91 Å². The summed E-state index contributed by atoms with van der Waals surface area (Å²) in [5.74, 6) is -1.11. The van der Waals surface area contributed by atoms with Gasteiger partial charge in [0, 0.05) is 6.92 Å². The number of hydrogen-bond donors (Lipinski definition) is 1. The molecule has 11 heavy (non-hydrogen) atoms. The molecule has 4 nitrogen and oxygen atoms in total. The number of esters is 1. The van der Waals surface area contributed by atoms with Crippen LogP contribution in [0.2, 0.25) is 0 Å². The Morgan fingerprint density at radius 2 is 2.00 bits per heavy atom. The number of primary amides is 1. The van der Waals surface area contributed by atoms with Crippen LogP contribution in [0.4, 0.5) is 0 Å². The predicted octanol–water partition coefficient (Wildman–Crippen LogP) is 0.203. The first-order valence-electron chi connectivity index (χ1n) is 3.42. The van der Waals surface area contributed by atoms with Gasteiger partial charge in [-0.2, -0.15) is 0 Å². The molecule has 0 aromatic carbocycles. The van der Waals surface area contributed by atoms with Crippen molar-refractivity contribution in [2.24, 2.45) is 5.73 Å². The first-order chi connectivity index (χ1) is 4.92. The van der Waals surface area contributed by atoms with Crippen molar-refractivity contribution in [3.05, 3.63) is 0 Å². The van der Waals surface area contributed by atoms with E-state index in [0.717, 1.165) is 0 Å². The second kappa shape index (κ2) is 3.37. The molecule has 0 spiro atoms. The minimum Gasteiger partial charge on any atom is -0.449 e. The van der Waals surface area contributed by atoms with Crippen LogP contribution in [0.25, 0.3) is 0 Å². The summed E-state index contributed by atoms with van der Waals surface area (Å²) in [7, 11) is 0. The van der Waals surface area contributed by atoms with E-state index >= 15 is 0 Å². The molecule has 0 aromatic heterocycles. The van der Waals surface area contributed by atoms with Crippen LogP contribution in [-0.2, 0) is 14.3 Å². The SMILES string of the molecule is CCC(C)(OC(C)=O)C(N)=O. The van der Waals surface area contributed by atoms with Gasteiger partial charge in [-0.1, -0.05) is 6.92 Å². The van der Waals surface area contributed by atoms with Gasteiger partial charge in [0.2, 0.25) is 0 Å². The fourth-order valence-electron chi connectivity index (χ4n) is 0.614. The molecule has 0 bridgehead atoms. The van der Waals surface area contributed by atoms with E-state index in [4.69, 9.17) is 10.5 Å². The van der Waals surface area contributed by atoms with E-state index < -0.39 is 17.5 Å². The molecule has 0 saturated heterocycles. The van der Waals surface area contributed by atoms with Crippen molar-refractivity contribution in [3.8, 4) is 0 Å². The molecule has 1 amide bonds. The van der Waals surface area contributed by atoms with Crippen molar-refractivity contribution in [1.29, 1.82) is 0 Å². The second-order valence-electron chi connectivity index (χ2n) is 2.54. The molecule has 0 radical (unpaired) electrons. The third-order valence-electron chi connectivity index (χ3n) is 1.56. The number of carbonyl (C=O) groups excluding carboxylic acids is 2. The number of ether oxygens (including phenoxy) is 1. The highest BCUT2D eigenvalue weighted by Crippen LogP contribution is 2.13.